The fraction of sp³-hybridized carbons (Fsp3) is 0.905. The minimum atomic E-state index is -1.50. The van der Waals surface area contributed by atoms with Crippen LogP contribution in [0.15, 0.2) is 0 Å². The zero-order valence-corrected chi connectivity index (χ0v) is 41.9. The van der Waals surface area contributed by atoms with E-state index in [0.717, 1.165) is 0 Å². The number of Topliss-reactive ketones (excluding diaryl/α,β-unsaturated/α-hetero) is 1. The Morgan fingerprint density at radius 2 is 0.485 bits per heavy atom. The van der Waals surface area contributed by atoms with Gasteiger partial charge >= 0.3 is 17.9 Å². The van der Waals surface area contributed by atoms with Crippen LogP contribution in [-0.4, -0.2) is 269 Å². The Morgan fingerprint density at radius 1 is 0.273 bits per heavy atom. The van der Waals surface area contributed by atoms with Crippen LogP contribution in [-0.2, 0) is 114 Å². The maximum Gasteiger partial charge on any atom is 0.338 e. The number of carbonyl (C=O) groups is 4. The van der Waals surface area contributed by atoms with E-state index in [0.29, 0.717) is 0 Å². The standard InChI is InChI=1S/C42H78O24/c1-23(43)28(52-7)33(57-12)34(58-13)37(61-16)40(44)64-21-26(50-5)31(55-10)32(56-11)27(51-6)22-66-42(46)39(63-18)36(60-15)35(59-14)38(62-17)41(45)65-20-25(49-4)30(54-9)29(53-8)24(48-3)19-47-2/h24-39H,19-22H2,1-18H3. The van der Waals surface area contributed by atoms with Crippen molar-refractivity contribution in [1.29, 1.82) is 0 Å². The molecule has 0 aromatic rings. The number of hydrogen-bond donors (Lipinski definition) is 0. The fourth-order valence-corrected chi connectivity index (χ4v) is 7.43. The largest absolute Gasteiger partial charge is 0.461 e. The highest BCUT2D eigenvalue weighted by molar-refractivity contribution is 5.82. The number of rotatable bonds is 40. The molecule has 0 saturated carbocycles. The van der Waals surface area contributed by atoms with Gasteiger partial charge in [0.2, 0.25) is 0 Å². The number of hydrogen-bond acceptors (Lipinski definition) is 24. The third-order valence-electron chi connectivity index (χ3n) is 11.0. The van der Waals surface area contributed by atoms with E-state index < -0.39 is 129 Å². The lowest BCUT2D eigenvalue weighted by atomic mass is 9.99. The van der Waals surface area contributed by atoms with Crippen LogP contribution in [0.4, 0.5) is 0 Å². The van der Waals surface area contributed by atoms with Gasteiger partial charge in [-0.25, -0.2) is 14.4 Å². The first kappa shape index (κ1) is 63.4. The minimum absolute atomic E-state index is 0.180. The van der Waals surface area contributed by atoms with Gasteiger partial charge in [-0.05, 0) is 6.92 Å². The third kappa shape index (κ3) is 18.0. The summed E-state index contributed by atoms with van der Waals surface area (Å²) in [6, 6.07) is 0. The molecule has 0 aliphatic rings. The predicted octanol–water partition coefficient (Wildman–Crippen LogP) is -0.909. The summed E-state index contributed by atoms with van der Waals surface area (Å²) in [5.74, 6) is -3.08. The van der Waals surface area contributed by atoms with Crippen LogP contribution in [0.5, 0.6) is 0 Å². The molecule has 0 rings (SSSR count). The minimum Gasteiger partial charge on any atom is -0.461 e. The van der Waals surface area contributed by atoms with Crippen molar-refractivity contribution >= 4 is 23.7 Å². The van der Waals surface area contributed by atoms with Gasteiger partial charge in [-0.15, -0.1) is 0 Å². The van der Waals surface area contributed by atoms with Gasteiger partial charge in [0, 0.05) is 121 Å². The Bertz CT molecular complexity index is 1310. The highest BCUT2D eigenvalue weighted by Crippen LogP contribution is 2.24. The highest BCUT2D eigenvalue weighted by Gasteiger charge is 2.47. The summed E-state index contributed by atoms with van der Waals surface area (Å²) in [5.41, 5.74) is 0. The van der Waals surface area contributed by atoms with Crippen molar-refractivity contribution in [2.24, 2.45) is 0 Å². The quantitative estimate of drug-likeness (QED) is 0.0532. The van der Waals surface area contributed by atoms with Crippen molar-refractivity contribution in [2.45, 2.75) is 105 Å². The van der Waals surface area contributed by atoms with Gasteiger partial charge in [-0.1, -0.05) is 0 Å². The Morgan fingerprint density at radius 3 is 0.652 bits per heavy atom. The van der Waals surface area contributed by atoms with Gasteiger partial charge < -0.3 is 94.7 Å². The van der Waals surface area contributed by atoms with Gasteiger partial charge in [0.05, 0.1) is 6.61 Å². The van der Waals surface area contributed by atoms with Gasteiger partial charge in [-0.3, -0.25) is 4.79 Å². The average Bonchev–Trinajstić information content (AvgIpc) is 3.32. The molecule has 0 fully saturated rings. The lowest BCUT2D eigenvalue weighted by Gasteiger charge is -2.36. The second kappa shape index (κ2) is 35.5. The van der Waals surface area contributed by atoms with E-state index in [9.17, 15) is 19.2 Å². The molecule has 24 heteroatoms. The molecule has 24 nitrogen and oxygen atoms in total. The van der Waals surface area contributed by atoms with Crippen LogP contribution in [0.2, 0.25) is 0 Å². The van der Waals surface area contributed by atoms with Crippen LogP contribution in [0, 0.1) is 0 Å². The first-order valence-electron chi connectivity index (χ1n) is 20.6. The summed E-state index contributed by atoms with van der Waals surface area (Å²) in [5, 5.41) is 0. The molecule has 0 aromatic heterocycles. The second-order valence-corrected chi connectivity index (χ2v) is 14.3. The topological polar surface area (TPSA) is 253 Å². The molecule has 0 aliphatic heterocycles. The number of esters is 3. The number of ether oxygens (including phenoxy) is 20. The molecular weight excluding hydrogens is 888 g/mol. The average molecular weight is 967 g/mol. The molecule has 390 valence electrons. The Labute approximate surface area is 389 Å². The van der Waals surface area contributed by atoms with Gasteiger partial charge in [0.25, 0.3) is 0 Å². The Kier molecular flexibility index (Phi) is 34.1. The lowest BCUT2D eigenvalue weighted by molar-refractivity contribution is -0.202. The molecule has 66 heavy (non-hydrogen) atoms. The monoisotopic (exact) mass is 966 g/mol. The molecule has 0 N–H and O–H groups in total. The molecule has 0 aromatic carbocycles. The first-order valence-corrected chi connectivity index (χ1v) is 20.6. The molecule has 16 unspecified atom stereocenters. The van der Waals surface area contributed by atoms with Crippen molar-refractivity contribution in [3.05, 3.63) is 0 Å². The summed E-state index contributed by atoms with van der Waals surface area (Å²) in [7, 11) is 23.0. The van der Waals surface area contributed by atoms with E-state index in [-0.39, 0.29) is 19.0 Å². The molecule has 16 atom stereocenters. The highest BCUT2D eigenvalue weighted by atomic mass is 16.6. The maximum absolute atomic E-state index is 13.8. The molecule has 0 aliphatic carbocycles. The van der Waals surface area contributed by atoms with Gasteiger partial charge in [0.15, 0.2) is 24.1 Å². The summed E-state index contributed by atoms with van der Waals surface area (Å²) in [4.78, 5) is 53.1. The van der Waals surface area contributed by atoms with E-state index in [4.69, 9.17) is 94.7 Å². The van der Waals surface area contributed by atoms with Crippen LogP contribution in [0.25, 0.3) is 0 Å². The van der Waals surface area contributed by atoms with Crippen molar-refractivity contribution in [3.63, 3.8) is 0 Å². The fourth-order valence-electron chi connectivity index (χ4n) is 7.43. The lowest BCUT2D eigenvalue weighted by Crippen LogP contribution is -2.55. The molecule has 0 saturated heterocycles. The van der Waals surface area contributed by atoms with Crippen LogP contribution < -0.4 is 0 Å². The summed E-state index contributed by atoms with van der Waals surface area (Å²) in [6.07, 6.45) is -17.1. The van der Waals surface area contributed by atoms with Crippen LogP contribution >= 0.6 is 0 Å². The Hall–Kier alpha value is -2.60. The molecular formula is C42H78O24. The van der Waals surface area contributed by atoms with E-state index in [1.807, 2.05) is 0 Å². The number of methoxy groups -OCH3 is 17. The zero-order valence-electron chi connectivity index (χ0n) is 41.9. The Balaban J connectivity index is 6.20. The normalized spacial score (nSPS) is 19.3. The summed E-state index contributed by atoms with van der Waals surface area (Å²) in [6.45, 7) is 0.350. The first-order chi connectivity index (χ1) is 31.6. The van der Waals surface area contributed by atoms with Crippen molar-refractivity contribution < 1.29 is 114 Å². The zero-order chi connectivity index (χ0) is 50.5. The third-order valence-corrected chi connectivity index (χ3v) is 11.0. The smallest absolute Gasteiger partial charge is 0.338 e. The van der Waals surface area contributed by atoms with Crippen LogP contribution in [0.3, 0.4) is 0 Å². The second-order valence-electron chi connectivity index (χ2n) is 14.3. The van der Waals surface area contributed by atoms with Gasteiger partial charge in [0.1, 0.15) is 99.2 Å². The van der Waals surface area contributed by atoms with Crippen molar-refractivity contribution in [1.82, 2.24) is 0 Å². The SMILES string of the molecule is COCC(OC)C(OC)C(OC)C(COC(=O)C(OC)C(OC)C(OC)C(OC)C(=O)OCC(OC)C(OC)C(OC)C(COC(=O)C(OC)C(OC)C(OC)C(OC)C(C)=O)OC)OC. The van der Waals surface area contributed by atoms with Crippen LogP contribution in [0.1, 0.15) is 6.92 Å². The molecule has 0 radical (unpaired) electrons. The van der Waals surface area contributed by atoms with Crippen molar-refractivity contribution in [2.75, 3.05) is 147 Å². The molecule has 0 amide bonds. The molecule has 0 spiro atoms. The number of ketones is 1. The molecule has 0 heterocycles. The van der Waals surface area contributed by atoms with E-state index in [1.165, 1.54) is 128 Å². The summed E-state index contributed by atoms with van der Waals surface area (Å²) >= 11 is 0. The maximum atomic E-state index is 13.8. The van der Waals surface area contributed by atoms with Gasteiger partial charge in [-0.2, -0.15) is 0 Å². The van der Waals surface area contributed by atoms with E-state index >= 15 is 0 Å². The predicted molar refractivity (Wildman–Crippen MR) is 228 cm³/mol. The van der Waals surface area contributed by atoms with E-state index in [2.05, 4.69) is 0 Å². The van der Waals surface area contributed by atoms with Crippen molar-refractivity contribution in [3.8, 4) is 0 Å². The van der Waals surface area contributed by atoms with E-state index in [1.54, 1.807) is 0 Å². The number of carbonyl (C=O) groups excluding carboxylic acids is 4. The summed E-state index contributed by atoms with van der Waals surface area (Å²) < 4.78 is 112. The molecule has 0 bridgehead atoms.